The van der Waals surface area contributed by atoms with Crippen molar-refractivity contribution in [2.24, 2.45) is 0 Å². The Morgan fingerprint density at radius 3 is 2.49 bits per heavy atom. The fraction of sp³-hybridized carbons (Fsp3) is 0.269. The molecule has 0 aliphatic heterocycles. The zero-order valence-corrected chi connectivity index (χ0v) is 21.0. The predicted octanol–water partition coefficient (Wildman–Crippen LogP) is 5.34. The van der Waals surface area contributed by atoms with Gasteiger partial charge in [0.1, 0.15) is 17.2 Å². The fourth-order valence-corrected chi connectivity index (χ4v) is 4.75. The third-order valence-corrected chi connectivity index (χ3v) is 6.97. The highest BCUT2D eigenvalue weighted by Gasteiger charge is 2.23. The number of carbonyl (C=O) groups excluding carboxylic acids is 1. The lowest BCUT2D eigenvalue weighted by Crippen LogP contribution is -2.42. The minimum Gasteiger partial charge on any atom is -0.480 e. The highest BCUT2D eigenvalue weighted by atomic mass is 35.5. The van der Waals surface area contributed by atoms with E-state index in [-0.39, 0.29) is 12.0 Å². The number of nitrogens with one attached hydrogen (secondary N) is 1. The van der Waals surface area contributed by atoms with E-state index in [9.17, 15) is 19.5 Å². The summed E-state index contributed by atoms with van der Waals surface area (Å²) in [5.74, 6) is -1.07. The van der Waals surface area contributed by atoms with Crippen molar-refractivity contribution in [3.63, 3.8) is 0 Å². The lowest BCUT2D eigenvalue weighted by molar-refractivity contribution is -0.141. The molecule has 0 saturated carbocycles. The molecule has 35 heavy (non-hydrogen) atoms. The molecule has 4 aromatic rings. The molecule has 0 aliphatic carbocycles. The highest BCUT2D eigenvalue weighted by Crippen LogP contribution is 2.37. The van der Waals surface area contributed by atoms with Crippen molar-refractivity contribution in [3.05, 3.63) is 68.7 Å². The Labute approximate surface area is 210 Å². The Morgan fingerprint density at radius 2 is 1.83 bits per heavy atom. The average molecular weight is 514 g/mol. The fourth-order valence-electron chi connectivity index (χ4n) is 4.15. The number of halogens is 1. The van der Waals surface area contributed by atoms with Crippen LogP contribution in [0.25, 0.3) is 33.1 Å². The molecule has 9 heteroatoms. The molecule has 0 saturated heterocycles. The van der Waals surface area contributed by atoms with Crippen LogP contribution < -0.4 is 10.9 Å². The molecule has 7 nitrogen and oxygen atoms in total. The second-order valence-electron chi connectivity index (χ2n) is 8.32. The van der Waals surface area contributed by atoms with Crippen molar-refractivity contribution in [2.75, 3.05) is 12.0 Å². The molecule has 0 fully saturated rings. The summed E-state index contributed by atoms with van der Waals surface area (Å²) in [5, 5.41) is 14.1. The average Bonchev–Trinajstić information content (AvgIpc) is 3.25. The largest absolute Gasteiger partial charge is 0.480 e. The van der Waals surface area contributed by atoms with Gasteiger partial charge in [0.25, 0.3) is 0 Å². The molecule has 2 aromatic carbocycles. The molecule has 2 heterocycles. The van der Waals surface area contributed by atoms with E-state index >= 15 is 0 Å². The number of hydrogen-bond donors (Lipinski definition) is 2. The molecule has 0 bridgehead atoms. The minimum absolute atomic E-state index is 0.194. The number of furan rings is 1. The predicted molar refractivity (Wildman–Crippen MR) is 138 cm³/mol. The van der Waals surface area contributed by atoms with Crippen LogP contribution in [0.1, 0.15) is 23.1 Å². The molecule has 1 atom stereocenters. The second-order valence-corrected chi connectivity index (χ2v) is 9.74. The van der Waals surface area contributed by atoms with E-state index in [1.54, 1.807) is 25.3 Å². The standard InChI is InChI=1S/C26H24ClNO6S/c1-13-17-10-19-20(15-4-6-16(27)7-5-15)12-33-23(19)14(2)24(17)34-26(32)18(13)11-22(29)28-21(25(30)31)8-9-35-3/h4-7,10,12,21H,8-9,11H2,1-3H3,(H,28,29)(H,30,31). The lowest BCUT2D eigenvalue weighted by atomic mass is 9.97. The first kappa shape index (κ1) is 24.9. The monoisotopic (exact) mass is 513 g/mol. The third-order valence-electron chi connectivity index (χ3n) is 6.08. The summed E-state index contributed by atoms with van der Waals surface area (Å²) < 4.78 is 11.5. The number of carboxylic acids is 1. The number of amides is 1. The minimum atomic E-state index is -1.11. The quantitative estimate of drug-likeness (QED) is 0.306. The lowest BCUT2D eigenvalue weighted by Gasteiger charge is -2.15. The van der Waals surface area contributed by atoms with Crippen molar-refractivity contribution in [2.45, 2.75) is 32.7 Å². The van der Waals surface area contributed by atoms with Crippen molar-refractivity contribution in [1.82, 2.24) is 5.32 Å². The maximum atomic E-state index is 12.8. The first-order valence-corrected chi connectivity index (χ1v) is 12.7. The van der Waals surface area contributed by atoms with Crippen molar-refractivity contribution < 1.29 is 23.5 Å². The summed E-state index contributed by atoms with van der Waals surface area (Å²) in [6, 6.07) is 8.27. The molecule has 182 valence electrons. The molecule has 1 amide bonds. The number of fused-ring (bicyclic) bond motifs is 2. The van der Waals surface area contributed by atoms with Crippen molar-refractivity contribution in [1.29, 1.82) is 0 Å². The van der Waals surface area contributed by atoms with Gasteiger partial charge in [0.15, 0.2) is 0 Å². The Morgan fingerprint density at radius 1 is 1.11 bits per heavy atom. The Balaban J connectivity index is 1.76. The summed E-state index contributed by atoms with van der Waals surface area (Å²) in [6.45, 7) is 3.58. The van der Waals surface area contributed by atoms with Gasteiger partial charge < -0.3 is 19.3 Å². The van der Waals surface area contributed by atoms with Crippen LogP contribution in [0.3, 0.4) is 0 Å². The van der Waals surface area contributed by atoms with Crippen LogP contribution in [0, 0.1) is 13.8 Å². The summed E-state index contributed by atoms with van der Waals surface area (Å²) in [7, 11) is 0. The maximum absolute atomic E-state index is 12.8. The van der Waals surface area contributed by atoms with Gasteiger partial charge in [0.05, 0.1) is 18.2 Å². The zero-order chi connectivity index (χ0) is 25.3. The molecular formula is C26H24ClNO6S. The van der Waals surface area contributed by atoms with Crippen LogP contribution in [0.5, 0.6) is 0 Å². The van der Waals surface area contributed by atoms with Gasteiger partial charge in [-0.25, -0.2) is 9.59 Å². The van der Waals surface area contributed by atoms with E-state index < -0.39 is 23.5 Å². The molecule has 0 aliphatic rings. The molecule has 4 rings (SSSR count). The van der Waals surface area contributed by atoms with Crippen LogP contribution in [0.4, 0.5) is 0 Å². The van der Waals surface area contributed by atoms with Crippen LogP contribution in [0.2, 0.25) is 5.02 Å². The summed E-state index contributed by atoms with van der Waals surface area (Å²) in [4.78, 5) is 37.0. The van der Waals surface area contributed by atoms with Gasteiger partial charge in [-0.1, -0.05) is 23.7 Å². The SMILES string of the molecule is CSCCC(NC(=O)Cc1c(C)c2cc3c(-c4ccc(Cl)cc4)coc3c(C)c2oc1=O)C(=O)O. The number of hydrogen-bond acceptors (Lipinski definition) is 6. The van der Waals surface area contributed by atoms with E-state index in [1.165, 1.54) is 11.8 Å². The van der Waals surface area contributed by atoms with Gasteiger partial charge in [-0.15, -0.1) is 0 Å². The normalized spacial score (nSPS) is 12.2. The van der Waals surface area contributed by atoms with E-state index in [0.717, 1.165) is 16.5 Å². The number of aliphatic carboxylic acids is 1. The van der Waals surface area contributed by atoms with Crippen LogP contribution in [-0.4, -0.2) is 35.0 Å². The number of rotatable bonds is 8. The van der Waals surface area contributed by atoms with Crippen LogP contribution in [-0.2, 0) is 16.0 Å². The van der Waals surface area contributed by atoms with Crippen LogP contribution in [0.15, 0.2) is 50.2 Å². The first-order chi connectivity index (χ1) is 16.7. The van der Waals surface area contributed by atoms with Gasteiger partial charge in [-0.2, -0.15) is 11.8 Å². The number of carboxylic acid groups (broad SMARTS) is 1. The van der Waals surface area contributed by atoms with E-state index in [4.69, 9.17) is 20.4 Å². The molecule has 2 aromatic heterocycles. The summed E-state index contributed by atoms with van der Waals surface area (Å²) >= 11 is 7.53. The van der Waals surface area contributed by atoms with Gasteiger partial charge in [0, 0.05) is 26.9 Å². The Kier molecular flexibility index (Phi) is 7.23. The highest BCUT2D eigenvalue weighted by molar-refractivity contribution is 7.98. The summed E-state index contributed by atoms with van der Waals surface area (Å²) in [6.07, 6.45) is 3.53. The number of carbonyl (C=O) groups is 2. The van der Waals surface area contributed by atoms with Crippen molar-refractivity contribution in [3.8, 4) is 11.1 Å². The van der Waals surface area contributed by atoms with Gasteiger partial charge in [0.2, 0.25) is 5.91 Å². The zero-order valence-electron chi connectivity index (χ0n) is 19.4. The topological polar surface area (TPSA) is 110 Å². The first-order valence-electron chi connectivity index (χ1n) is 11.0. The smallest absolute Gasteiger partial charge is 0.340 e. The van der Waals surface area contributed by atoms with Crippen LogP contribution >= 0.6 is 23.4 Å². The number of thioether (sulfide) groups is 1. The Hall–Kier alpha value is -3.23. The van der Waals surface area contributed by atoms with Crippen molar-refractivity contribution >= 4 is 57.2 Å². The molecule has 2 N–H and O–H groups in total. The van der Waals surface area contributed by atoms with E-state index in [1.807, 2.05) is 31.4 Å². The number of benzene rings is 2. The molecular weight excluding hydrogens is 490 g/mol. The van der Waals surface area contributed by atoms with Gasteiger partial charge >= 0.3 is 11.6 Å². The van der Waals surface area contributed by atoms with Gasteiger partial charge in [-0.3, -0.25) is 4.79 Å². The van der Waals surface area contributed by atoms with Gasteiger partial charge in [-0.05, 0) is 61.6 Å². The third kappa shape index (κ3) is 4.94. The maximum Gasteiger partial charge on any atom is 0.340 e. The summed E-state index contributed by atoms with van der Waals surface area (Å²) in [5.41, 5.74) is 3.63. The van der Waals surface area contributed by atoms with E-state index in [0.29, 0.717) is 44.9 Å². The molecule has 0 radical (unpaired) electrons. The molecule has 0 spiro atoms. The van der Waals surface area contributed by atoms with E-state index in [2.05, 4.69) is 5.32 Å². The number of aryl methyl sites for hydroxylation is 2. The Bertz CT molecular complexity index is 1490. The second kappa shape index (κ2) is 10.2. The molecule has 1 unspecified atom stereocenters.